The van der Waals surface area contributed by atoms with Gasteiger partial charge in [-0.1, -0.05) is 50.2 Å². The number of phenolic OH excluding ortho intramolecular Hbond substituents is 1. The summed E-state index contributed by atoms with van der Waals surface area (Å²) in [6.07, 6.45) is -2.18. The van der Waals surface area contributed by atoms with Crippen LogP contribution < -0.4 is 10.6 Å². The van der Waals surface area contributed by atoms with Crippen molar-refractivity contribution in [1.29, 1.82) is 0 Å². The van der Waals surface area contributed by atoms with Gasteiger partial charge < -0.3 is 15.5 Å². The molecule has 126 valence electrons. The molecule has 0 aliphatic rings. The van der Waals surface area contributed by atoms with Crippen molar-refractivity contribution in [2.75, 3.05) is 0 Å². The molecule has 1 unspecified atom stereocenters. The first-order chi connectivity index (χ1) is 11.4. The van der Waals surface area contributed by atoms with Gasteiger partial charge in [0.05, 0.1) is 5.56 Å². The van der Waals surface area contributed by atoms with Crippen LogP contribution in [0, 0.1) is 0 Å². The molecular formula is C18H20N2O4. The number of benzene rings is 2. The minimum atomic E-state index is -1.26. The Hall–Kier alpha value is -3.02. The molecule has 1 atom stereocenters. The number of hydrogen-bond donors (Lipinski definition) is 4. The van der Waals surface area contributed by atoms with Gasteiger partial charge in [0.1, 0.15) is 11.9 Å². The van der Waals surface area contributed by atoms with Crippen molar-refractivity contribution in [3.05, 3.63) is 65.2 Å². The predicted octanol–water partition coefficient (Wildman–Crippen LogP) is 3.21. The normalized spacial score (nSPS) is 11.8. The first-order valence-electron chi connectivity index (χ1n) is 7.56. The highest BCUT2D eigenvalue weighted by atomic mass is 16.4. The Morgan fingerprint density at radius 3 is 2.17 bits per heavy atom. The topological polar surface area (TPSA) is 98.7 Å². The quantitative estimate of drug-likeness (QED) is 0.633. The van der Waals surface area contributed by atoms with E-state index in [1.165, 1.54) is 6.07 Å². The highest BCUT2D eigenvalue weighted by molar-refractivity contribution is 5.97. The van der Waals surface area contributed by atoms with Crippen molar-refractivity contribution in [3.8, 4) is 5.75 Å². The molecule has 24 heavy (non-hydrogen) atoms. The summed E-state index contributed by atoms with van der Waals surface area (Å²) in [7, 11) is 0. The number of carbonyl (C=O) groups excluding carboxylic acids is 1. The Morgan fingerprint density at radius 2 is 1.62 bits per heavy atom. The molecule has 0 bridgehead atoms. The third-order valence-corrected chi connectivity index (χ3v) is 3.61. The predicted molar refractivity (Wildman–Crippen MR) is 90.0 cm³/mol. The minimum absolute atomic E-state index is 0.0903. The van der Waals surface area contributed by atoms with Gasteiger partial charge in [0.2, 0.25) is 0 Å². The number of carboxylic acid groups (broad SMARTS) is 1. The number of rotatable bonds is 5. The van der Waals surface area contributed by atoms with E-state index in [4.69, 9.17) is 5.11 Å². The van der Waals surface area contributed by atoms with Gasteiger partial charge in [0, 0.05) is 0 Å². The number of amides is 2. The van der Waals surface area contributed by atoms with Crippen molar-refractivity contribution in [2.45, 2.75) is 25.9 Å². The molecule has 0 fully saturated rings. The summed E-state index contributed by atoms with van der Waals surface area (Å²) in [4.78, 5) is 23.4. The van der Waals surface area contributed by atoms with E-state index in [-0.39, 0.29) is 17.2 Å². The smallest absolute Gasteiger partial charge is 0.406 e. The van der Waals surface area contributed by atoms with Crippen molar-refractivity contribution >= 4 is 12.0 Å². The average Bonchev–Trinajstić information content (AvgIpc) is 2.54. The first-order valence-corrected chi connectivity index (χ1v) is 7.56. The molecule has 0 saturated heterocycles. The summed E-state index contributed by atoms with van der Waals surface area (Å²) in [6.45, 7) is 3.97. The van der Waals surface area contributed by atoms with Crippen molar-refractivity contribution < 1.29 is 19.8 Å². The van der Waals surface area contributed by atoms with Crippen LogP contribution in [0.5, 0.6) is 5.75 Å². The van der Waals surface area contributed by atoms with Crippen LogP contribution in [-0.4, -0.2) is 22.2 Å². The molecule has 2 amide bonds. The Labute approximate surface area is 140 Å². The second kappa shape index (κ2) is 7.50. The zero-order valence-corrected chi connectivity index (χ0v) is 13.5. The van der Waals surface area contributed by atoms with Crippen LogP contribution in [0.2, 0.25) is 0 Å². The van der Waals surface area contributed by atoms with Gasteiger partial charge in [-0.05, 0) is 29.2 Å². The van der Waals surface area contributed by atoms with E-state index in [0.717, 1.165) is 5.56 Å². The van der Waals surface area contributed by atoms with Crippen molar-refractivity contribution in [3.63, 3.8) is 0 Å². The fraction of sp³-hybridized carbons (Fsp3) is 0.222. The maximum atomic E-state index is 12.4. The molecule has 2 aromatic carbocycles. The zero-order valence-electron chi connectivity index (χ0n) is 13.5. The highest BCUT2D eigenvalue weighted by Gasteiger charge is 2.19. The van der Waals surface area contributed by atoms with Crippen LogP contribution >= 0.6 is 0 Å². The molecule has 0 spiro atoms. The number of carbonyl (C=O) groups is 2. The molecule has 6 nitrogen and oxygen atoms in total. The fourth-order valence-electron chi connectivity index (χ4n) is 2.28. The van der Waals surface area contributed by atoms with Crippen LogP contribution in [0.25, 0.3) is 0 Å². The van der Waals surface area contributed by atoms with Crippen LogP contribution in [-0.2, 0) is 0 Å². The van der Waals surface area contributed by atoms with E-state index in [9.17, 15) is 14.7 Å². The maximum absolute atomic E-state index is 12.4. The Bertz CT molecular complexity index is 729. The highest BCUT2D eigenvalue weighted by Crippen LogP contribution is 2.24. The van der Waals surface area contributed by atoms with E-state index >= 15 is 0 Å². The van der Waals surface area contributed by atoms with Gasteiger partial charge in [0.15, 0.2) is 0 Å². The molecule has 0 radical (unpaired) electrons. The van der Waals surface area contributed by atoms with E-state index in [1.807, 2.05) is 13.8 Å². The van der Waals surface area contributed by atoms with Gasteiger partial charge in [-0.3, -0.25) is 10.1 Å². The second-order valence-corrected chi connectivity index (χ2v) is 5.70. The average molecular weight is 328 g/mol. The van der Waals surface area contributed by atoms with E-state index in [2.05, 4.69) is 10.6 Å². The molecular weight excluding hydrogens is 308 g/mol. The summed E-state index contributed by atoms with van der Waals surface area (Å²) in [5.41, 5.74) is 1.59. The van der Waals surface area contributed by atoms with Gasteiger partial charge in [0.25, 0.3) is 5.91 Å². The monoisotopic (exact) mass is 328 g/mol. The van der Waals surface area contributed by atoms with E-state index in [0.29, 0.717) is 5.56 Å². The van der Waals surface area contributed by atoms with Crippen LogP contribution in [0.1, 0.15) is 47.4 Å². The lowest BCUT2D eigenvalue weighted by atomic mass is 10.0. The molecule has 0 aromatic heterocycles. The van der Waals surface area contributed by atoms with E-state index < -0.39 is 18.2 Å². The molecule has 2 rings (SSSR count). The van der Waals surface area contributed by atoms with Gasteiger partial charge in [-0.2, -0.15) is 0 Å². The zero-order chi connectivity index (χ0) is 17.7. The van der Waals surface area contributed by atoms with Crippen LogP contribution in [0.3, 0.4) is 0 Å². The summed E-state index contributed by atoms with van der Waals surface area (Å²) in [5.74, 6) is -0.481. The third-order valence-electron chi connectivity index (χ3n) is 3.61. The largest absolute Gasteiger partial charge is 0.507 e. The summed E-state index contributed by atoms with van der Waals surface area (Å²) in [6, 6.07) is 13.5. The summed E-state index contributed by atoms with van der Waals surface area (Å²) >= 11 is 0. The minimum Gasteiger partial charge on any atom is -0.507 e. The van der Waals surface area contributed by atoms with E-state index in [1.54, 1.807) is 42.5 Å². The second-order valence-electron chi connectivity index (χ2n) is 5.70. The molecule has 6 heteroatoms. The Morgan fingerprint density at radius 1 is 0.958 bits per heavy atom. The molecule has 0 aliphatic heterocycles. The molecule has 0 aliphatic carbocycles. The fourth-order valence-corrected chi connectivity index (χ4v) is 2.28. The number of nitrogens with one attached hydrogen (secondary N) is 2. The standard InChI is InChI=1S/C18H20N2O4/c1-11(2)13-8-9-14(15(21)10-13)17(22)19-16(20-18(23)24)12-6-4-3-5-7-12/h3-11,16,20-21H,1-2H3,(H,19,22)(H,23,24). The van der Waals surface area contributed by atoms with Crippen molar-refractivity contribution in [2.24, 2.45) is 0 Å². The third kappa shape index (κ3) is 4.25. The van der Waals surface area contributed by atoms with Gasteiger partial charge >= 0.3 is 6.09 Å². The number of aromatic hydroxyl groups is 1. The number of phenols is 1. The lowest BCUT2D eigenvalue weighted by Gasteiger charge is -2.19. The summed E-state index contributed by atoms with van der Waals surface area (Å²) < 4.78 is 0. The molecule has 0 saturated carbocycles. The lowest BCUT2D eigenvalue weighted by molar-refractivity contribution is 0.0926. The van der Waals surface area contributed by atoms with Gasteiger partial charge in [-0.25, -0.2) is 4.79 Å². The lowest BCUT2D eigenvalue weighted by Crippen LogP contribution is -2.40. The molecule has 4 N–H and O–H groups in total. The van der Waals surface area contributed by atoms with Crippen LogP contribution in [0.15, 0.2) is 48.5 Å². The molecule has 2 aromatic rings. The number of hydrogen-bond acceptors (Lipinski definition) is 3. The Balaban J connectivity index is 2.23. The maximum Gasteiger partial charge on any atom is 0.406 e. The molecule has 0 heterocycles. The van der Waals surface area contributed by atoms with Crippen LogP contribution in [0.4, 0.5) is 4.79 Å². The SMILES string of the molecule is CC(C)c1ccc(C(=O)NC(NC(=O)O)c2ccccc2)c(O)c1. The van der Waals surface area contributed by atoms with Gasteiger partial charge in [-0.15, -0.1) is 0 Å². The van der Waals surface area contributed by atoms with Crippen molar-refractivity contribution in [1.82, 2.24) is 10.6 Å². The summed E-state index contributed by atoms with van der Waals surface area (Å²) in [5, 5.41) is 23.9. The first kappa shape index (κ1) is 17.3. The Kier molecular flexibility index (Phi) is 5.42.